The van der Waals surface area contributed by atoms with Crippen molar-refractivity contribution in [3.05, 3.63) is 62.2 Å². The molecule has 0 bridgehead atoms. The van der Waals surface area contributed by atoms with Crippen molar-refractivity contribution in [3.8, 4) is 11.5 Å². The van der Waals surface area contributed by atoms with Gasteiger partial charge in [-0.2, -0.15) is 0 Å². The molecule has 0 aliphatic carbocycles. The molecule has 31 heavy (non-hydrogen) atoms. The van der Waals surface area contributed by atoms with Crippen LogP contribution in [0.25, 0.3) is 0 Å². The maximum Gasteiger partial charge on any atom is 0.300 e. The Bertz CT molecular complexity index is 948. The second-order valence-corrected chi connectivity index (χ2v) is 7.11. The van der Waals surface area contributed by atoms with Crippen LogP contribution in [0.1, 0.15) is 24.8 Å². The van der Waals surface area contributed by atoms with Gasteiger partial charge in [-0.3, -0.25) is 20.2 Å². The molecular weight excluding hydrogens is 406 g/mol. The van der Waals surface area contributed by atoms with Crippen molar-refractivity contribution < 1.29 is 19.3 Å². The van der Waals surface area contributed by atoms with E-state index in [0.717, 1.165) is 37.4 Å². The molecule has 1 atom stereocenters. The average Bonchev–Trinajstić information content (AvgIpc) is 2.79. The molecule has 2 aromatic carbocycles. The summed E-state index contributed by atoms with van der Waals surface area (Å²) in [5, 5.41) is 27.9. The summed E-state index contributed by atoms with van der Waals surface area (Å²) in [5.74, 6) is 1.19. The summed E-state index contributed by atoms with van der Waals surface area (Å²) in [5.41, 5.74) is 3.51. The second kappa shape index (κ2) is 10.0. The van der Waals surface area contributed by atoms with Crippen molar-refractivity contribution in [1.29, 1.82) is 0 Å². The monoisotopic (exact) mass is 431 g/mol. The van der Waals surface area contributed by atoms with E-state index in [1.807, 2.05) is 17.1 Å². The van der Waals surface area contributed by atoms with Gasteiger partial charge < -0.3 is 20.2 Å². The Hall–Kier alpha value is -3.44. The lowest BCUT2D eigenvalue weighted by molar-refractivity contribution is -0.393. The number of anilines is 1. The SMILES string of the molecule is COc1ccc(CN(Nc2ccc([N+](=O)[O-])cc2[N+](=O)[O-])C2CCCCN2)cc1OC. The van der Waals surface area contributed by atoms with Gasteiger partial charge in [0.2, 0.25) is 0 Å². The molecule has 0 aromatic heterocycles. The van der Waals surface area contributed by atoms with E-state index in [9.17, 15) is 20.2 Å². The molecule has 1 aliphatic heterocycles. The predicted molar refractivity (Wildman–Crippen MR) is 114 cm³/mol. The van der Waals surface area contributed by atoms with Crippen LogP contribution in [0.3, 0.4) is 0 Å². The average molecular weight is 431 g/mol. The lowest BCUT2D eigenvalue weighted by Crippen LogP contribution is -2.50. The van der Waals surface area contributed by atoms with E-state index in [4.69, 9.17) is 9.47 Å². The molecule has 2 N–H and O–H groups in total. The van der Waals surface area contributed by atoms with E-state index in [0.29, 0.717) is 18.0 Å². The molecule has 0 amide bonds. The number of nitro benzene ring substituents is 2. The normalized spacial score (nSPS) is 16.0. The van der Waals surface area contributed by atoms with Gasteiger partial charge in [-0.05, 0) is 49.6 Å². The molecule has 0 radical (unpaired) electrons. The number of benzene rings is 2. The minimum Gasteiger partial charge on any atom is -0.493 e. The Kier molecular flexibility index (Phi) is 7.21. The number of hydrogen-bond donors (Lipinski definition) is 2. The van der Waals surface area contributed by atoms with E-state index < -0.39 is 9.85 Å². The summed E-state index contributed by atoms with van der Waals surface area (Å²) >= 11 is 0. The molecule has 3 rings (SSSR count). The van der Waals surface area contributed by atoms with Crippen molar-refractivity contribution in [3.63, 3.8) is 0 Å². The number of ether oxygens (including phenoxy) is 2. The Morgan fingerprint density at radius 3 is 2.45 bits per heavy atom. The summed E-state index contributed by atoms with van der Waals surface area (Å²) in [6.07, 6.45) is 2.85. The van der Waals surface area contributed by atoms with Gasteiger partial charge in [0.25, 0.3) is 5.69 Å². The van der Waals surface area contributed by atoms with Gasteiger partial charge in [0.05, 0.1) is 36.3 Å². The van der Waals surface area contributed by atoms with Crippen LogP contribution in [0, 0.1) is 20.2 Å². The Labute approximate surface area is 179 Å². The molecule has 2 aromatic rings. The van der Waals surface area contributed by atoms with Crippen molar-refractivity contribution >= 4 is 17.1 Å². The number of hydrazine groups is 1. The third kappa shape index (κ3) is 5.38. The van der Waals surface area contributed by atoms with E-state index in [2.05, 4.69) is 10.7 Å². The molecule has 11 heteroatoms. The van der Waals surface area contributed by atoms with Crippen LogP contribution in [0.15, 0.2) is 36.4 Å². The van der Waals surface area contributed by atoms with Gasteiger partial charge in [-0.1, -0.05) is 6.07 Å². The number of piperidine rings is 1. The van der Waals surface area contributed by atoms with Gasteiger partial charge in [0, 0.05) is 12.6 Å². The first-order valence-corrected chi connectivity index (χ1v) is 9.83. The molecule has 0 saturated carbocycles. The van der Waals surface area contributed by atoms with Crippen LogP contribution in [-0.2, 0) is 6.54 Å². The maximum atomic E-state index is 11.5. The highest BCUT2D eigenvalue weighted by molar-refractivity contribution is 5.65. The fourth-order valence-electron chi connectivity index (χ4n) is 3.54. The van der Waals surface area contributed by atoms with Gasteiger partial charge in [0.15, 0.2) is 11.5 Å². The number of nitrogens with one attached hydrogen (secondary N) is 2. The largest absolute Gasteiger partial charge is 0.493 e. The predicted octanol–water partition coefficient (Wildman–Crippen LogP) is 3.45. The Morgan fingerprint density at radius 1 is 1.06 bits per heavy atom. The molecule has 1 fully saturated rings. The summed E-state index contributed by atoms with van der Waals surface area (Å²) in [6.45, 7) is 1.24. The highest BCUT2D eigenvalue weighted by Gasteiger charge is 2.26. The molecule has 1 heterocycles. The molecule has 166 valence electrons. The van der Waals surface area contributed by atoms with Gasteiger partial charge in [-0.25, -0.2) is 5.01 Å². The van der Waals surface area contributed by atoms with Crippen LogP contribution >= 0.6 is 0 Å². The first-order chi connectivity index (χ1) is 14.9. The standard InChI is InChI=1S/C20H25N5O6/c1-30-18-9-6-14(11-19(18)31-2)13-23(20-5-3-4-10-21-20)22-16-8-7-15(24(26)27)12-17(16)25(28)29/h6-9,11-12,20-22H,3-5,10,13H2,1-2H3. The summed E-state index contributed by atoms with van der Waals surface area (Å²) in [4.78, 5) is 21.3. The summed E-state index contributed by atoms with van der Waals surface area (Å²) in [6, 6.07) is 9.11. The number of rotatable bonds is 9. The van der Waals surface area contributed by atoms with E-state index >= 15 is 0 Å². The first-order valence-electron chi connectivity index (χ1n) is 9.83. The van der Waals surface area contributed by atoms with E-state index in [-0.39, 0.29) is 23.2 Å². The Morgan fingerprint density at radius 2 is 1.84 bits per heavy atom. The lowest BCUT2D eigenvalue weighted by Gasteiger charge is -2.35. The van der Waals surface area contributed by atoms with Gasteiger partial charge in [-0.15, -0.1) is 0 Å². The van der Waals surface area contributed by atoms with Crippen LogP contribution in [0.2, 0.25) is 0 Å². The number of nitrogens with zero attached hydrogens (tertiary/aromatic N) is 3. The number of hydrogen-bond acceptors (Lipinski definition) is 9. The third-order valence-corrected chi connectivity index (χ3v) is 5.11. The van der Waals surface area contributed by atoms with Crippen LogP contribution in [0.5, 0.6) is 11.5 Å². The highest BCUT2D eigenvalue weighted by Crippen LogP contribution is 2.32. The number of methoxy groups -OCH3 is 2. The van der Waals surface area contributed by atoms with Gasteiger partial charge >= 0.3 is 5.69 Å². The minimum atomic E-state index is -0.652. The molecule has 1 saturated heterocycles. The van der Waals surface area contributed by atoms with Crippen molar-refractivity contribution in [2.75, 3.05) is 26.2 Å². The number of nitro groups is 2. The summed E-state index contributed by atoms with van der Waals surface area (Å²) in [7, 11) is 3.12. The molecule has 1 aliphatic rings. The second-order valence-electron chi connectivity index (χ2n) is 7.11. The zero-order valence-corrected chi connectivity index (χ0v) is 17.4. The fourth-order valence-corrected chi connectivity index (χ4v) is 3.54. The van der Waals surface area contributed by atoms with Crippen molar-refractivity contribution in [2.24, 2.45) is 0 Å². The van der Waals surface area contributed by atoms with Crippen LogP contribution in [-0.4, -0.2) is 41.8 Å². The van der Waals surface area contributed by atoms with E-state index in [1.165, 1.54) is 12.1 Å². The van der Waals surface area contributed by atoms with Gasteiger partial charge in [0.1, 0.15) is 5.69 Å². The molecular formula is C20H25N5O6. The zero-order chi connectivity index (χ0) is 22.4. The topological polar surface area (TPSA) is 132 Å². The van der Waals surface area contributed by atoms with Crippen molar-refractivity contribution in [2.45, 2.75) is 32.0 Å². The Balaban J connectivity index is 1.91. The van der Waals surface area contributed by atoms with Crippen LogP contribution in [0.4, 0.5) is 17.1 Å². The highest BCUT2D eigenvalue weighted by atomic mass is 16.6. The fraction of sp³-hybridized carbons (Fsp3) is 0.400. The first kappa shape index (κ1) is 22.2. The quantitative estimate of drug-likeness (QED) is 0.452. The third-order valence-electron chi connectivity index (χ3n) is 5.11. The zero-order valence-electron chi connectivity index (χ0n) is 17.4. The van der Waals surface area contributed by atoms with Crippen molar-refractivity contribution in [1.82, 2.24) is 10.3 Å². The maximum absolute atomic E-state index is 11.5. The van der Waals surface area contributed by atoms with E-state index in [1.54, 1.807) is 20.3 Å². The smallest absolute Gasteiger partial charge is 0.300 e. The molecule has 1 unspecified atom stereocenters. The lowest BCUT2D eigenvalue weighted by atomic mass is 10.1. The number of non-ortho nitro benzene ring substituents is 1. The summed E-state index contributed by atoms with van der Waals surface area (Å²) < 4.78 is 10.7. The molecule has 11 nitrogen and oxygen atoms in total. The minimum absolute atomic E-state index is 0.0726. The molecule has 0 spiro atoms. The van der Waals surface area contributed by atoms with Crippen LogP contribution < -0.4 is 20.2 Å².